The van der Waals surface area contributed by atoms with Crippen molar-refractivity contribution in [2.75, 3.05) is 19.9 Å². The van der Waals surface area contributed by atoms with Crippen LogP contribution < -0.4 is 19.5 Å². The molecule has 1 aromatic carbocycles. The van der Waals surface area contributed by atoms with E-state index in [-0.39, 0.29) is 12.8 Å². The van der Waals surface area contributed by atoms with Crippen LogP contribution in [-0.4, -0.2) is 24.9 Å². The van der Waals surface area contributed by atoms with Crippen LogP contribution >= 0.6 is 11.3 Å². The van der Waals surface area contributed by atoms with Crippen molar-refractivity contribution in [2.45, 2.75) is 13.0 Å². The molecule has 0 amide bonds. The summed E-state index contributed by atoms with van der Waals surface area (Å²) in [5.41, 5.74) is 0. The first kappa shape index (κ1) is 13.2. The van der Waals surface area contributed by atoms with Gasteiger partial charge in [-0.05, 0) is 19.1 Å². The van der Waals surface area contributed by atoms with E-state index in [1.807, 2.05) is 29.8 Å². The van der Waals surface area contributed by atoms with Crippen molar-refractivity contribution < 1.29 is 14.2 Å². The van der Waals surface area contributed by atoms with E-state index in [0.717, 1.165) is 28.8 Å². The minimum absolute atomic E-state index is 0.246. The van der Waals surface area contributed by atoms with Crippen molar-refractivity contribution >= 4 is 11.3 Å². The van der Waals surface area contributed by atoms with Gasteiger partial charge in [0.2, 0.25) is 6.79 Å². The monoisotopic (exact) mass is 292 g/mol. The summed E-state index contributed by atoms with van der Waals surface area (Å²) < 4.78 is 16.2. The third kappa shape index (κ3) is 3.02. The lowest BCUT2D eigenvalue weighted by atomic mass is 10.3. The molecule has 0 aliphatic carbocycles. The van der Waals surface area contributed by atoms with E-state index in [1.165, 1.54) is 0 Å². The SMILES string of the molecule is CC(NCCOc1ccc2c(c1)OCO2)c1nccs1. The zero-order chi connectivity index (χ0) is 13.8. The molecule has 1 unspecified atom stereocenters. The van der Waals surface area contributed by atoms with Crippen LogP contribution in [0.3, 0.4) is 0 Å². The molecule has 6 heteroatoms. The number of nitrogens with zero attached hydrogens (tertiary/aromatic N) is 1. The number of aromatic nitrogens is 1. The van der Waals surface area contributed by atoms with Gasteiger partial charge in [0.1, 0.15) is 17.4 Å². The van der Waals surface area contributed by atoms with Crippen LogP contribution in [0.1, 0.15) is 18.0 Å². The molecule has 1 atom stereocenters. The normalized spacial score (nSPS) is 14.2. The van der Waals surface area contributed by atoms with Gasteiger partial charge in [-0.3, -0.25) is 0 Å². The highest BCUT2D eigenvalue weighted by molar-refractivity contribution is 7.09. The molecular formula is C14H16N2O3S. The Labute approximate surface area is 121 Å². The molecule has 0 fully saturated rings. The molecule has 0 saturated heterocycles. The summed E-state index contributed by atoms with van der Waals surface area (Å²) >= 11 is 1.65. The lowest BCUT2D eigenvalue weighted by Crippen LogP contribution is -2.24. The van der Waals surface area contributed by atoms with Crippen LogP contribution in [0.15, 0.2) is 29.8 Å². The zero-order valence-corrected chi connectivity index (χ0v) is 12.0. The smallest absolute Gasteiger partial charge is 0.231 e. The van der Waals surface area contributed by atoms with E-state index in [2.05, 4.69) is 17.2 Å². The van der Waals surface area contributed by atoms with E-state index < -0.39 is 0 Å². The third-order valence-corrected chi connectivity index (χ3v) is 3.95. The van der Waals surface area contributed by atoms with Gasteiger partial charge in [0.05, 0.1) is 6.04 Å². The molecule has 2 heterocycles. The molecule has 2 aromatic rings. The van der Waals surface area contributed by atoms with E-state index in [0.29, 0.717) is 6.61 Å². The average Bonchev–Trinajstić information content (AvgIpc) is 3.13. The van der Waals surface area contributed by atoms with Gasteiger partial charge in [0, 0.05) is 24.2 Å². The lowest BCUT2D eigenvalue weighted by Gasteiger charge is -2.12. The molecular weight excluding hydrogens is 276 g/mol. The lowest BCUT2D eigenvalue weighted by molar-refractivity contribution is 0.173. The first-order chi connectivity index (χ1) is 9.83. The maximum atomic E-state index is 5.68. The Balaban J connectivity index is 1.44. The second-order valence-electron chi connectivity index (χ2n) is 4.41. The number of hydrogen-bond acceptors (Lipinski definition) is 6. The van der Waals surface area contributed by atoms with Gasteiger partial charge in [0.15, 0.2) is 11.5 Å². The van der Waals surface area contributed by atoms with E-state index >= 15 is 0 Å². The topological polar surface area (TPSA) is 52.6 Å². The van der Waals surface area contributed by atoms with E-state index in [4.69, 9.17) is 14.2 Å². The zero-order valence-electron chi connectivity index (χ0n) is 11.2. The molecule has 1 aliphatic heterocycles. The Kier molecular flexibility index (Phi) is 4.03. The number of benzene rings is 1. The molecule has 3 rings (SSSR count). The van der Waals surface area contributed by atoms with Gasteiger partial charge >= 0.3 is 0 Å². The highest BCUT2D eigenvalue weighted by Gasteiger charge is 2.13. The van der Waals surface area contributed by atoms with Crippen LogP contribution in [0.4, 0.5) is 0 Å². The Morgan fingerprint density at radius 1 is 1.40 bits per heavy atom. The average molecular weight is 292 g/mol. The van der Waals surface area contributed by atoms with Gasteiger partial charge in [-0.15, -0.1) is 11.3 Å². The standard InChI is InChI=1S/C14H16N2O3S/c1-10(14-16-5-7-20-14)15-4-6-17-11-2-3-12-13(8-11)19-9-18-12/h2-3,5,7-8,10,15H,4,6,9H2,1H3. The van der Waals surface area contributed by atoms with Crippen LogP contribution in [0.25, 0.3) is 0 Å². The fourth-order valence-electron chi connectivity index (χ4n) is 1.95. The predicted octanol–water partition coefficient (Wildman–Crippen LogP) is 2.60. The Bertz CT molecular complexity index is 560. The minimum Gasteiger partial charge on any atom is -0.492 e. The van der Waals surface area contributed by atoms with Crippen LogP contribution in [0.2, 0.25) is 0 Å². The molecule has 0 bridgehead atoms. The highest BCUT2D eigenvalue weighted by atomic mass is 32.1. The molecule has 0 saturated carbocycles. The van der Waals surface area contributed by atoms with Crippen molar-refractivity contribution in [1.29, 1.82) is 0 Å². The predicted molar refractivity (Wildman–Crippen MR) is 76.6 cm³/mol. The van der Waals surface area contributed by atoms with Gasteiger partial charge in [0.25, 0.3) is 0 Å². The molecule has 1 aliphatic rings. The summed E-state index contributed by atoms with van der Waals surface area (Å²) in [6.07, 6.45) is 1.82. The molecule has 5 nitrogen and oxygen atoms in total. The largest absolute Gasteiger partial charge is 0.492 e. The maximum Gasteiger partial charge on any atom is 0.231 e. The number of ether oxygens (including phenoxy) is 3. The van der Waals surface area contributed by atoms with Gasteiger partial charge < -0.3 is 19.5 Å². The van der Waals surface area contributed by atoms with Gasteiger partial charge in [-0.1, -0.05) is 0 Å². The van der Waals surface area contributed by atoms with Crippen molar-refractivity contribution in [3.8, 4) is 17.2 Å². The van der Waals surface area contributed by atoms with Crippen LogP contribution in [0, 0.1) is 0 Å². The highest BCUT2D eigenvalue weighted by Crippen LogP contribution is 2.34. The fourth-order valence-corrected chi connectivity index (χ4v) is 2.62. The Hall–Kier alpha value is -1.79. The molecule has 0 radical (unpaired) electrons. The van der Waals surface area contributed by atoms with Crippen molar-refractivity contribution in [3.63, 3.8) is 0 Å². The quantitative estimate of drug-likeness (QED) is 0.829. The van der Waals surface area contributed by atoms with Gasteiger partial charge in [-0.25, -0.2) is 4.98 Å². The number of hydrogen-bond donors (Lipinski definition) is 1. The van der Waals surface area contributed by atoms with Crippen molar-refractivity contribution in [1.82, 2.24) is 10.3 Å². The maximum absolute atomic E-state index is 5.68. The number of thiazole rings is 1. The Morgan fingerprint density at radius 3 is 3.15 bits per heavy atom. The fraction of sp³-hybridized carbons (Fsp3) is 0.357. The minimum atomic E-state index is 0.246. The Morgan fingerprint density at radius 2 is 2.30 bits per heavy atom. The third-order valence-electron chi connectivity index (χ3n) is 2.99. The number of rotatable bonds is 6. The summed E-state index contributed by atoms with van der Waals surface area (Å²) in [5.74, 6) is 2.30. The molecule has 0 spiro atoms. The van der Waals surface area contributed by atoms with Crippen molar-refractivity contribution in [2.24, 2.45) is 0 Å². The first-order valence-electron chi connectivity index (χ1n) is 6.48. The second-order valence-corrected chi connectivity index (χ2v) is 5.34. The number of nitrogens with one attached hydrogen (secondary N) is 1. The summed E-state index contributed by atoms with van der Waals surface area (Å²) in [5, 5.41) is 6.45. The summed E-state index contributed by atoms with van der Waals surface area (Å²) in [6, 6.07) is 5.85. The first-order valence-corrected chi connectivity index (χ1v) is 7.36. The molecule has 20 heavy (non-hydrogen) atoms. The summed E-state index contributed by atoms with van der Waals surface area (Å²) in [6.45, 7) is 3.73. The van der Waals surface area contributed by atoms with Crippen LogP contribution in [-0.2, 0) is 0 Å². The van der Waals surface area contributed by atoms with Gasteiger partial charge in [-0.2, -0.15) is 0 Å². The summed E-state index contributed by atoms with van der Waals surface area (Å²) in [4.78, 5) is 4.28. The summed E-state index contributed by atoms with van der Waals surface area (Å²) in [7, 11) is 0. The van der Waals surface area contributed by atoms with Crippen LogP contribution in [0.5, 0.6) is 17.2 Å². The second kappa shape index (κ2) is 6.11. The molecule has 1 N–H and O–H groups in total. The number of fused-ring (bicyclic) bond motifs is 1. The van der Waals surface area contributed by atoms with E-state index in [1.54, 1.807) is 11.3 Å². The molecule has 106 valence electrons. The van der Waals surface area contributed by atoms with E-state index in [9.17, 15) is 0 Å². The van der Waals surface area contributed by atoms with Crippen molar-refractivity contribution in [3.05, 3.63) is 34.8 Å². The molecule has 1 aromatic heterocycles.